The number of nitrogens with one attached hydrogen (secondary N) is 2. The van der Waals surface area contributed by atoms with Gasteiger partial charge in [-0.15, -0.1) is 0 Å². The second-order valence-corrected chi connectivity index (χ2v) is 6.71. The first-order chi connectivity index (χ1) is 12.7. The highest BCUT2D eigenvalue weighted by Crippen LogP contribution is 2.33. The zero-order valence-electron chi connectivity index (χ0n) is 13.9. The highest BCUT2D eigenvalue weighted by atomic mass is 35.5. The van der Waals surface area contributed by atoms with E-state index >= 15 is 0 Å². The van der Waals surface area contributed by atoms with Crippen LogP contribution in [-0.2, 0) is 13.0 Å². The number of halogens is 2. The Morgan fingerprint density at radius 3 is 2.77 bits per heavy atom. The second kappa shape index (κ2) is 7.25. The van der Waals surface area contributed by atoms with E-state index in [1.54, 1.807) is 12.3 Å². The molecule has 3 aromatic rings. The van der Waals surface area contributed by atoms with Crippen LogP contribution in [0.5, 0.6) is 0 Å². The van der Waals surface area contributed by atoms with Crippen molar-refractivity contribution in [3.05, 3.63) is 76.5 Å². The van der Waals surface area contributed by atoms with Crippen molar-refractivity contribution in [3.63, 3.8) is 0 Å². The molecule has 0 bridgehead atoms. The maximum absolute atomic E-state index is 13.2. The molecule has 0 radical (unpaired) electrons. The minimum absolute atomic E-state index is 0.249. The van der Waals surface area contributed by atoms with Crippen molar-refractivity contribution in [3.8, 4) is 0 Å². The van der Waals surface area contributed by atoms with Crippen molar-refractivity contribution >= 4 is 23.4 Å². The van der Waals surface area contributed by atoms with Gasteiger partial charge in [0.1, 0.15) is 11.6 Å². The van der Waals surface area contributed by atoms with E-state index in [1.165, 1.54) is 12.1 Å². The summed E-state index contributed by atoms with van der Waals surface area (Å²) in [6.45, 7) is 1.30. The van der Waals surface area contributed by atoms with E-state index in [-0.39, 0.29) is 5.82 Å². The average molecular weight is 370 g/mol. The van der Waals surface area contributed by atoms with Crippen LogP contribution in [0.1, 0.15) is 22.6 Å². The van der Waals surface area contributed by atoms with Gasteiger partial charge >= 0.3 is 0 Å². The maximum Gasteiger partial charge on any atom is 0.222 e. The highest BCUT2D eigenvalue weighted by molar-refractivity contribution is 6.30. The third-order valence-electron chi connectivity index (χ3n) is 4.37. The summed E-state index contributed by atoms with van der Waals surface area (Å²) in [4.78, 5) is 13.0. The van der Waals surface area contributed by atoms with E-state index in [4.69, 9.17) is 11.6 Å². The Morgan fingerprint density at radius 1 is 1.12 bits per heavy atom. The van der Waals surface area contributed by atoms with Crippen LogP contribution in [0.4, 0.5) is 16.2 Å². The molecular weight excluding hydrogens is 353 g/mol. The number of benzene rings is 1. The average Bonchev–Trinajstić information content (AvgIpc) is 3.03. The first-order valence-electron chi connectivity index (χ1n) is 8.36. The van der Waals surface area contributed by atoms with Crippen LogP contribution in [0.25, 0.3) is 0 Å². The van der Waals surface area contributed by atoms with Crippen molar-refractivity contribution in [2.45, 2.75) is 18.9 Å². The molecular formula is C19H17ClFN5. The Morgan fingerprint density at radius 2 is 1.96 bits per heavy atom. The molecule has 1 aromatic carbocycles. The van der Waals surface area contributed by atoms with Gasteiger partial charge in [-0.2, -0.15) is 0 Å². The number of hydrogen-bond donors (Lipinski definition) is 2. The molecule has 3 heterocycles. The zero-order valence-corrected chi connectivity index (χ0v) is 14.7. The first-order valence-corrected chi connectivity index (χ1v) is 8.74. The van der Waals surface area contributed by atoms with E-state index in [9.17, 15) is 4.39 Å². The largest absolute Gasteiger partial charge is 0.369 e. The number of pyridine rings is 1. The van der Waals surface area contributed by atoms with Crippen LogP contribution in [0, 0.1) is 5.82 Å². The van der Waals surface area contributed by atoms with E-state index in [0.29, 0.717) is 23.4 Å². The normalized spacial score (nSPS) is 15.4. The van der Waals surface area contributed by atoms with E-state index < -0.39 is 0 Å². The summed E-state index contributed by atoms with van der Waals surface area (Å²) in [5.41, 5.74) is 3.02. The lowest BCUT2D eigenvalue weighted by molar-refractivity contribution is 0.626. The van der Waals surface area contributed by atoms with Gasteiger partial charge in [0.25, 0.3) is 0 Å². The number of hydrogen-bond acceptors (Lipinski definition) is 5. The predicted octanol–water partition coefficient (Wildman–Crippen LogP) is 4.03. The van der Waals surface area contributed by atoms with E-state index in [2.05, 4.69) is 25.6 Å². The minimum Gasteiger partial charge on any atom is -0.369 e. The monoisotopic (exact) mass is 369 g/mol. The Bertz CT molecular complexity index is 916. The molecule has 0 amide bonds. The van der Waals surface area contributed by atoms with Gasteiger partial charge in [0, 0.05) is 43.2 Å². The SMILES string of the molecule is Fc1cccc(CNc2ncc(CC3CNc4ncc(Cl)cc43)cn2)c1. The van der Waals surface area contributed by atoms with Gasteiger partial charge in [-0.3, -0.25) is 0 Å². The summed E-state index contributed by atoms with van der Waals surface area (Å²) in [6, 6.07) is 8.42. The van der Waals surface area contributed by atoms with Gasteiger partial charge in [-0.1, -0.05) is 23.7 Å². The molecule has 0 aliphatic carbocycles. The summed E-state index contributed by atoms with van der Waals surface area (Å²) in [5, 5.41) is 7.05. The van der Waals surface area contributed by atoms with Crippen molar-refractivity contribution in [1.29, 1.82) is 0 Å². The van der Waals surface area contributed by atoms with E-state index in [1.807, 2.05) is 24.5 Å². The van der Waals surface area contributed by atoms with Crippen LogP contribution in [-0.4, -0.2) is 21.5 Å². The molecule has 26 heavy (non-hydrogen) atoms. The summed E-state index contributed by atoms with van der Waals surface area (Å²) in [6.07, 6.45) is 6.10. The molecule has 1 aliphatic rings. The van der Waals surface area contributed by atoms with Crippen LogP contribution in [0.2, 0.25) is 5.02 Å². The summed E-state index contributed by atoms with van der Waals surface area (Å²) < 4.78 is 13.2. The predicted molar refractivity (Wildman–Crippen MR) is 99.9 cm³/mol. The lowest BCUT2D eigenvalue weighted by atomic mass is 9.96. The molecule has 2 aromatic heterocycles. The number of anilines is 2. The molecule has 0 saturated heterocycles. The quantitative estimate of drug-likeness (QED) is 0.711. The fourth-order valence-corrected chi connectivity index (χ4v) is 3.26. The Labute approximate surface area is 155 Å². The first kappa shape index (κ1) is 16.7. The van der Waals surface area contributed by atoms with E-state index in [0.717, 1.165) is 35.5 Å². The van der Waals surface area contributed by atoms with Gasteiger partial charge in [0.2, 0.25) is 5.95 Å². The number of fused-ring (bicyclic) bond motifs is 1. The standard InChI is InChI=1S/C19H17ClFN5/c20-15-6-17-14(10-22-18(17)23-11-15)4-13-8-25-19(26-9-13)24-7-12-2-1-3-16(21)5-12/h1-3,5-6,8-9,11,14H,4,7,10H2,(H,22,23)(H,24,25,26). The highest BCUT2D eigenvalue weighted by Gasteiger charge is 2.24. The van der Waals surface area contributed by atoms with Crippen LogP contribution in [0.15, 0.2) is 48.9 Å². The number of aromatic nitrogens is 3. The minimum atomic E-state index is -0.249. The zero-order chi connectivity index (χ0) is 17.9. The topological polar surface area (TPSA) is 62.7 Å². The van der Waals surface area contributed by atoms with Crippen LogP contribution >= 0.6 is 11.6 Å². The van der Waals surface area contributed by atoms with Crippen LogP contribution in [0.3, 0.4) is 0 Å². The van der Waals surface area contributed by atoms with Gasteiger partial charge in [-0.05, 0) is 35.7 Å². The molecule has 0 fully saturated rings. The Hall–Kier alpha value is -2.73. The fourth-order valence-electron chi connectivity index (χ4n) is 3.09. The number of rotatable bonds is 5. The Kier molecular flexibility index (Phi) is 4.67. The molecule has 2 N–H and O–H groups in total. The summed E-state index contributed by atoms with van der Waals surface area (Å²) in [7, 11) is 0. The molecule has 4 rings (SSSR count). The lowest BCUT2D eigenvalue weighted by Crippen LogP contribution is -2.08. The molecule has 0 saturated carbocycles. The molecule has 1 atom stereocenters. The van der Waals surface area contributed by atoms with Crippen molar-refractivity contribution in [2.75, 3.05) is 17.2 Å². The van der Waals surface area contributed by atoms with Crippen LogP contribution < -0.4 is 10.6 Å². The second-order valence-electron chi connectivity index (χ2n) is 6.27. The van der Waals surface area contributed by atoms with Gasteiger partial charge in [-0.25, -0.2) is 19.3 Å². The van der Waals surface area contributed by atoms with Crippen molar-refractivity contribution < 1.29 is 4.39 Å². The molecule has 0 spiro atoms. The summed E-state index contributed by atoms with van der Waals surface area (Å²) >= 11 is 6.06. The number of nitrogens with zero attached hydrogens (tertiary/aromatic N) is 3. The molecule has 1 aliphatic heterocycles. The molecule has 1 unspecified atom stereocenters. The van der Waals surface area contributed by atoms with Gasteiger partial charge < -0.3 is 10.6 Å². The van der Waals surface area contributed by atoms with Crippen molar-refractivity contribution in [1.82, 2.24) is 15.0 Å². The lowest BCUT2D eigenvalue weighted by Gasteiger charge is -2.10. The Balaban J connectivity index is 1.39. The maximum atomic E-state index is 13.2. The fraction of sp³-hybridized carbons (Fsp3) is 0.211. The van der Waals surface area contributed by atoms with Gasteiger partial charge in [0.15, 0.2) is 0 Å². The third-order valence-corrected chi connectivity index (χ3v) is 4.57. The smallest absolute Gasteiger partial charge is 0.222 e. The van der Waals surface area contributed by atoms with Gasteiger partial charge in [0.05, 0.1) is 5.02 Å². The molecule has 7 heteroatoms. The molecule has 5 nitrogen and oxygen atoms in total. The summed E-state index contributed by atoms with van der Waals surface area (Å²) in [5.74, 6) is 1.47. The molecule has 132 valence electrons. The van der Waals surface area contributed by atoms with Crippen molar-refractivity contribution in [2.24, 2.45) is 0 Å². The third kappa shape index (κ3) is 3.75.